The number of hydrogen-bond acceptors (Lipinski definition) is 2. The van der Waals surface area contributed by atoms with Crippen molar-refractivity contribution in [2.75, 3.05) is 0 Å². The van der Waals surface area contributed by atoms with Crippen molar-refractivity contribution in [2.45, 2.75) is 27.7 Å². The van der Waals surface area contributed by atoms with Gasteiger partial charge in [0, 0.05) is 11.1 Å². The number of carbonyl (C=O) groups is 2. The summed E-state index contributed by atoms with van der Waals surface area (Å²) in [5.74, 6) is -1.86. The maximum Gasteiger partial charge on any atom is 0.331 e. The Bertz CT molecular complexity index is 608. The molecule has 4 heteroatoms. The van der Waals surface area contributed by atoms with E-state index in [1.807, 2.05) is 50.3 Å². The molecule has 0 saturated carbocycles. The van der Waals surface area contributed by atoms with Gasteiger partial charge in [0.15, 0.2) is 0 Å². The normalized spacial score (nSPS) is 15.0. The summed E-state index contributed by atoms with van der Waals surface area (Å²) >= 11 is 0. The zero-order valence-electron chi connectivity index (χ0n) is 14.5. The molecule has 0 rings (SSSR count). The SMILES string of the molecule is CC(C=CC=C(C)C(=O)O)=CC=CC=C(C)/C=C/C=C(\C)C(=O)O. The summed E-state index contributed by atoms with van der Waals surface area (Å²) in [4.78, 5) is 21.2. The van der Waals surface area contributed by atoms with Crippen LogP contribution in [0.2, 0.25) is 0 Å². The fourth-order valence-electron chi connectivity index (χ4n) is 1.36. The van der Waals surface area contributed by atoms with Crippen LogP contribution in [0.4, 0.5) is 0 Å². The molecule has 0 aliphatic carbocycles. The maximum atomic E-state index is 10.6. The van der Waals surface area contributed by atoms with E-state index in [0.29, 0.717) is 0 Å². The van der Waals surface area contributed by atoms with Crippen LogP contribution in [0.25, 0.3) is 0 Å². The zero-order chi connectivity index (χ0) is 18.5. The Balaban J connectivity index is 4.63. The van der Waals surface area contributed by atoms with Gasteiger partial charge in [-0.15, -0.1) is 0 Å². The second-order valence-electron chi connectivity index (χ2n) is 5.23. The minimum Gasteiger partial charge on any atom is -0.478 e. The van der Waals surface area contributed by atoms with E-state index in [9.17, 15) is 9.59 Å². The molecule has 0 aromatic rings. The van der Waals surface area contributed by atoms with E-state index in [1.54, 1.807) is 38.2 Å². The lowest BCUT2D eigenvalue weighted by Gasteiger charge is -1.90. The lowest BCUT2D eigenvalue weighted by Crippen LogP contribution is -1.94. The van der Waals surface area contributed by atoms with Crippen molar-refractivity contribution >= 4 is 11.9 Å². The molecule has 0 fully saturated rings. The van der Waals surface area contributed by atoms with Gasteiger partial charge in [0.25, 0.3) is 0 Å². The monoisotopic (exact) mass is 328 g/mol. The van der Waals surface area contributed by atoms with Crippen LogP contribution < -0.4 is 0 Å². The molecule has 0 aliphatic heterocycles. The van der Waals surface area contributed by atoms with Crippen LogP contribution in [0.5, 0.6) is 0 Å². The van der Waals surface area contributed by atoms with Crippen LogP contribution in [0.15, 0.2) is 83.1 Å². The minimum atomic E-state index is -0.928. The van der Waals surface area contributed by atoms with Gasteiger partial charge < -0.3 is 10.2 Å². The van der Waals surface area contributed by atoms with Crippen LogP contribution in [0.3, 0.4) is 0 Å². The van der Waals surface area contributed by atoms with Gasteiger partial charge in [-0.2, -0.15) is 0 Å². The Labute approximate surface area is 143 Å². The minimum absolute atomic E-state index is 0.284. The first-order chi connectivity index (χ1) is 11.2. The summed E-state index contributed by atoms with van der Waals surface area (Å²) in [6, 6.07) is 0. The van der Waals surface area contributed by atoms with Crippen molar-refractivity contribution in [3.8, 4) is 0 Å². The standard InChI is InChI=1S/C20H24O4/c1-15(11-7-13-17(3)19(21)22)9-5-6-10-16(2)12-8-14-18(4)20(23)24/h5-14H,1-4H3,(H,21,22)(H,23,24)/b6-5?,11-7+,12-8?,15-9?,16-10?,17-13+,18-14?. The van der Waals surface area contributed by atoms with Gasteiger partial charge in [0.2, 0.25) is 0 Å². The molecule has 0 saturated heterocycles. The molecule has 0 aromatic carbocycles. The van der Waals surface area contributed by atoms with E-state index >= 15 is 0 Å². The van der Waals surface area contributed by atoms with Gasteiger partial charge in [-0.05, 0) is 27.7 Å². The third kappa shape index (κ3) is 10.8. The van der Waals surface area contributed by atoms with E-state index in [-0.39, 0.29) is 11.1 Å². The quantitative estimate of drug-likeness (QED) is 0.504. The maximum absolute atomic E-state index is 10.6. The number of rotatable bonds is 8. The number of allylic oxidation sites excluding steroid dienone is 12. The van der Waals surface area contributed by atoms with Gasteiger partial charge in [-0.3, -0.25) is 0 Å². The average Bonchev–Trinajstić information content (AvgIpc) is 2.51. The zero-order valence-corrected chi connectivity index (χ0v) is 14.5. The first kappa shape index (κ1) is 21.1. The summed E-state index contributed by atoms with van der Waals surface area (Å²) in [5.41, 5.74) is 2.55. The number of hydrogen-bond donors (Lipinski definition) is 2. The van der Waals surface area contributed by atoms with Crippen LogP contribution in [-0.4, -0.2) is 22.2 Å². The predicted octanol–water partition coefficient (Wildman–Crippen LogP) is 4.61. The summed E-state index contributed by atoms with van der Waals surface area (Å²) in [7, 11) is 0. The highest BCUT2D eigenvalue weighted by Crippen LogP contribution is 2.01. The Morgan fingerprint density at radius 3 is 1.21 bits per heavy atom. The molecule has 0 heterocycles. The first-order valence-electron chi connectivity index (χ1n) is 7.42. The van der Waals surface area contributed by atoms with Crippen molar-refractivity contribution in [1.82, 2.24) is 0 Å². The van der Waals surface area contributed by atoms with Gasteiger partial charge in [-0.25, -0.2) is 9.59 Å². The summed E-state index contributed by atoms with van der Waals surface area (Å²) in [5, 5.41) is 17.4. The molecule has 0 atom stereocenters. The highest BCUT2D eigenvalue weighted by molar-refractivity contribution is 5.86. The van der Waals surface area contributed by atoms with Crippen LogP contribution in [0.1, 0.15) is 27.7 Å². The van der Waals surface area contributed by atoms with E-state index < -0.39 is 11.9 Å². The van der Waals surface area contributed by atoms with Crippen LogP contribution in [-0.2, 0) is 9.59 Å². The average molecular weight is 328 g/mol. The molecule has 0 amide bonds. The molecule has 128 valence electrons. The second-order valence-corrected chi connectivity index (χ2v) is 5.23. The Morgan fingerprint density at radius 1 is 0.583 bits per heavy atom. The summed E-state index contributed by atoms with van der Waals surface area (Å²) in [6.07, 6.45) is 17.7. The number of carboxylic acids is 2. The summed E-state index contributed by atoms with van der Waals surface area (Å²) < 4.78 is 0. The van der Waals surface area contributed by atoms with Crippen molar-refractivity contribution in [1.29, 1.82) is 0 Å². The van der Waals surface area contributed by atoms with E-state index in [2.05, 4.69) is 0 Å². The Morgan fingerprint density at radius 2 is 0.917 bits per heavy atom. The van der Waals surface area contributed by atoms with E-state index in [1.165, 1.54) is 0 Å². The van der Waals surface area contributed by atoms with Gasteiger partial charge in [0.05, 0.1) is 0 Å². The van der Waals surface area contributed by atoms with Crippen LogP contribution >= 0.6 is 0 Å². The lowest BCUT2D eigenvalue weighted by atomic mass is 10.2. The van der Waals surface area contributed by atoms with E-state index in [0.717, 1.165) is 11.1 Å². The fourth-order valence-corrected chi connectivity index (χ4v) is 1.36. The number of carboxylic acid groups (broad SMARTS) is 2. The molecule has 24 heavy (non-hydrogen) atoms. The lowest BCUT2D eigenvalue weighted by molar-refractivity contribution is -0.133. The van der Waals surface area contributed by atoms with Gasteiger partial charge in [0.1, 0.15) is 0 Å². The fraction of sp³-hybridized carbons (Fsp3) is 0.200. The third-order valence-corrected chi connectivity index (χ3v) is 2.91. The number of aliphatic carboxylic acids is 2. The first-order valence-corrected chi connectivity index (χ1v) is 7.42. The Hall–Kier alpha value is -2.88. The Kier molecular flexibility index (Phi) is 10.3. The molecule has 0 radical (unpaired) electrons. The second kappa shape index (κ2) is 11.7. The topological polar surface area (TPSA) is 74.6 Å². The molecule has 0 unspecified atom stereocenters. The predicted molar refractivity (Wildman–Crippen MR) is 97.7 cm³/mol. The molecular weight excluding hydrogens is 304 g/mol. The van der Waals surface area contributed by atoms with Gasteiger partial charge >= 0.3 is 11.9 Å². The smallest absolute Gasteiger partial charge is 0.331 e. The highest BCUT2D eigenvalue weighted by Gasteiger charge is 1.96. The molecule has 0 aromatic heterocycles. The van der Waals surface area contributed by atoms with Crippen molar-refractivity contribution in [3.63, 3.8) is 0 Å². The molecule has 0 bridgehead atoms. The molecule has 4 nitrogen and oxygen atoms in total. The van der Waals surface area contributed by atoms with Crippen molar-refractivity contribution < 1.29 is 19.8 Å². The van der Waals surface area contributed by atoms with Crippen LogP contribution in [0, 0.1) is 0 Å². The largest absolute Gasteiger partial charge is 0.478 e. The van der Waals surface area contributed by atoms with Gasteiger partial charge in [-0.1, -0.05) is 71.9 Å². The summed E-state index contributed by atoms with van der Waals surface area (Å²) in [6.45, 7) is 6.92. The van der Waals surface area contributed by atoms with Crippen molar-refractivity contribution in [3.05, 3.63) is 83.1 Å². The molecule has 0 spiro atoms. The van der Waals surface area contributed by atoms with Crippen molar-refractivity contribution in [2.24, 2.45) is 0 Å². The molecular formula is C20H24O4. The third-order valence-electron chi connectivity index (χ3n) is 2.91. The molecule has 0 aliphatic rings. The highest BCUT2D eigenvalue weighted by atomic mass is 16.4. The van der Waals surface area contributed by atoms with E-state index in [4.69, 9.17) is 10.2 Å². The molecule has 2 N–H and O–H groups in total.